The van der Waals surface area contributed by atoms with Gasteiger partial charge in [0.15, 0.2) is 11.6 Å². The average molecular weight is 989 g/mol. The second-order valence-electron chi connectivity index (χ2n) is 17.2. The monoisotopic (exact) mass is 988 g/mol. The Morgan fingerprint density at radius 2 is 0.944 bits per heavy atom. The molecule has 10 rings (SSSR count). The van der Waals surface area contributed by atoms with Gasteiger partial charge in [-0.25, -0.2) is 39.3 Å². The number of nitrogens with zero attached hydrogens (tertiary/aromatic N) is 12. The minimum absolute atomic E-state index is 0.101. The zero-order valence-corrected chi connectivity index (χ0v) is 39.8. The minimum atomic E-state index is -4.35. The Labute approximate surface area is 410 Å². The van der Waals surface area contributed by atoms with Crippen LogP contribution in [-0.2, 0) is 25.4 Å². The van der Waals surface area contributed by atoms with Crippen LogP contribution in [0.15, 0.2) is 97.8 Å². The van der Waals surface area contributed by atoms with Gasteiger partial charge in [0, 0.05) is 37.3 Å². The van der Waals surface area contributed by atoms with Crippen molar-refractivity contribution in [1.82, 2.24) is 58.6 Å². The van der Waals surface area contributed by atoms with Crippen LogP contribution in [0.4, 0.5) is 26.3 Å². The van der Waals surface area contributed by atoms with Gasteiger partial charge < -0.3 is 18.6 Å². The van der Waals surface area contributed by atoms with E-state index in [-0.39, 0.29) is 11.8 Å². The molecule has 372 valence electrons. The first-order chi connectivity index (χ1) is 34.6. The number of hydrogen-bond donors (Lipinski definition) is 0. The Morgan fingerprint density at radius 3 is 1.29 bits per heavy atom. The number of alkyl halides is 6. The predicted molar refractivity (Wildman–Crippen MR) is 257 cm³/mol. The number of imidazole rings is 2. The summed E-state index contributed by atoms with van der Waals surface area (Å²) in [6, 6.07) is 18.3. The van der Waals surface area contributed by atoms with E-state index in [4.69, 9.17) is 19.4 Å². The topological polar surface area (TPSA) is 141 Å². The first-order valence-electron chi connectivity index (χ1n) is 23.5. The Kier molecular flexibility index (Phi) is 14.2. The van der Waals surface area contributed by atoms with E-state index in [1.807, 2.05) is 95.0 Å². The second-order valence-corrected chi connectivity index (χ2v) is 17.2. The maximum absolute atomic E-state index is 13.0. The number of rotatable bonds is 12. The van der Waals surface area contributed by atoms with E-state index >= 15 is 0 Å². The van der Waals surface area contributed by atoms with Crippen molar-refractivity contribution in [2.75, 3.05) is 13.2 Å². The highest BCUT2D eigenvalue weighted by Crippen LogP contribution is 2.37. The molecule has 0 aliphatic carbocycles. The third kappa shape index (κ3) is 11.2. The number of halogens is 6. The summed E-state index contributed by atoms with van der Waals surface area (Å²) in [4.78, 5) is 27.2. The van der Waals surface area contributed by atoms with Gasteiger partial charge in [-0.05, 0) is 137 Å². The zero-order chi connectivity index (χ0) is 50.6. The molecule has 0 saturated carbocycles. The van der Waals surface area contributed by atoms with Crippen LogP contribution in [-0.4, -0.2) is 71.8 Å². The molecule has 2 atom stereocenters. The summed E-state index contributed by atoms with van der Waals surface area (Å²) in [7, 11) is 0. The Bertz CT molecular complexity index is 2990. The van der Waals surface area contributed by atoms with Crippen molar-refractivity contribution in [2.24, 2.45) is 0 Å². The van der Waals surface area contributed by atoms with Crippen LogP contribution in [0, 0.1) is 13.8 Å². The Balaban J connectivity index is 0.000000178. The van der Waals surface area contributed by atoms with Crippen molar-refractivity contribution in [3.05, 3.63) is 166 Å². The standard InChI is InChI=1S/2C26H25F3N6O/c2*1-3-36-25-22(34-15-17(2)30-16-34)12-10-20(31-25)11-13-23-32-24-21(5-4-14-35(24)33-23)18-6-8-19(9-7-18)26(27,28)29/h2*6-13,15-16,21H,3-5,14H2,1-2H3/b2*13-11+/t2*21-/m10/s1. The fourth-order valence-electron chi connectivity index (χ4n) is 8.70. The molecule has 20 heteroatoms. The molecular formula is C52H50F6N12O2. The maximum atomic E-state index is 13.0. The lowest BCUT2D eigenvalue weighted by molar-refractivity contribution is -0.138. The largest absolute Gasteiger partial charge is 0.476 e. The highest BCUT2D eigenvalue weighted by Gasteiger charge is 2.33. The number of fused-ring (bicyclic) bond motifs is 2. The lowest BCUT2D eigenvalue weighted by Gasteiger charge is -2.22. The normalized spacial score (nSPS) is 15.9. The van der Waals surface area contributed by atoms with Crippen molar-refractivity contribution in [1.29, 1.82) is 0 Å². The molecule has 14 nitrogen and oxygen atoms in total. The smallest absolute Gasteiger partial charge is 0.416 e. The van der Waals surface area contributed by atoms with Crippen molar-refractivity contribution >= 4 is 24.3 Å². The third-order valence-corrected chi connectivity index (χ3v) is 12.1. The summed E-state index contributed by atoms with van der Waals surface area (Å²) >= 11 is 0. The quantitative estimate of drug-likeness (QED) is 0.109. The lowest BCUT2D eigenvalue weighted by Crippen LogP contribution is -2.18. The van der Waals surface area contributed by atoms with Gasteiger partial charge in [0.1, 0.15) is 23.0 Å². The molecule has 0 amide bonds. The summed E-state index contributed by atoms with van der Waals surface area (Å²) < 4.78 is 96.7. The summed E-state index contributed by atoms with van der Waals surface area (Å²) in [5.74, 6) is 3.36. The predicted octanol–water partition coefficient (Wildman–Crippen LogP) is 11.4. The molecule has 72 heavy (non-hydrogen) atoms. The maximum Gasteiger partial charge on any atom is 0.416 e. The van der Waals surface area contributed by atoms with E-state index in [0.29, 0.717) is 48.0 Å². The van der Waals surface area contributed by atoms with Crippen LogP contribution in [0.5, 0.6) is 11.8 Å². The lowest BCUT2D eigenvalue weighted by atomic mass is 9.90. The van der Waals surface area contributed by atoms with Crippen LogP contribution >= 0.6 is 0 Å². The van der Waals surface area contributed by atoms with Gasteiger partial charge in [0.25, 0.3) is 0 Å². The first kappa shape index (κ1) is 49.1. The molecule has 2 aliphatic rings. The van der Waals surface area contributed by atoms with Crippen molar-refractivity contribution < 1.29 is 35.8 Å². The number of aryl methyl sites for hydroxylation is 4. The zero-order valence-electron chi connectivity index (χ0n) is 39.8. The van der Waals surface area contributed by atoms with Crippen LogP contribution < -0.4 is 9.47 Å². The highest BCUT2D eigenvalue weighted by atomic mass is 19.4. The number of aromatic nitrogens is 12. The number of hydrogen-bond acceptors (Lipinski definition) is 10. The molecule has 2 aliphatic heterocycles. The SMILES string of the molecule is CCOc1nc(/C=C/c2nc3n(n2)CCC[C@@H]3c2ccc(C(F)(F)F)cc2)ccc1-n1cnc(C)c1.CCOc1nc(/C=C/c2nc3n(n2)CCC[C@H]3c2ccc(C(F)(F)F)cc2)ccc1-n1cnc(C)c1. The number of pyridine rings is 2. The van der Waals surface area contributed by atoms with Gasteiger partial charge in [-0.1, -0.05) is 24.3 Å². The Hall–Kier alpha value is -7.90. The van der Waals surface area contributed by atoms with Crippen LogP contribution in [0.1, 0.15) is 120 Å². The summed E-state index contributed by atoms with van der Waals surface area (Å²) in [5, 5.41) is 9.18. The molecule has 2 aromatic carbocycles. The van der Waals surface area contributed by atoms with Gasteiger partial charge in [-0.3, -0.25) is 0 Å². The molecule has 0 fully saturated rings. The van der Waals surface area contributed by atoms with Gasteiger partial charge >= 0.3 is 12.4 Å². The summed E-state index contributed by atoms with van der Waals surface area (Å²) in [5.41, 5.74) is 5.06. The molecule has 0 radical (unpaired) electrons. The van der Waals surface area contributed by atoms with Crippen molar-refractivity contribution in [3.8, 4) is 23.1 Å². The van der Waals surface area contributed by atoms with Crippen LogP contribution in [0.25, 0.3) is 35.7 Å². The van der Waals surface area contributed by atoms with E-state index in [2.05, 4.69) is 30.1 Å². The fourth-order valence-corrected chi connectivity index (χ4v) is 8.70. The van der Waals surface area contributed by atoms with Crippen molar-refractivity contribution in [2.45, 2.75) is 90.7 Å². The molecule has 0 saturated heterocycles. The fraction of sp³-hybridized carbons (Fsp3) is 0.308. The van der Waals surface area contributed by atoms with Crippen LogP contribution in [0.2, 0.25) is 0 Å². The average Bonchev–Trinajstić information content (AvgIpc) is 4.19. The van der Waals surface area contributed by atoms with Gasteiger partial charge in [-0.15, -0.1) is 0 Å². The van der Waals surface area contributed by atoms with Gasteiger partial charge in [-0.2, -0.15) is 36.5 Å². The Morgan fingerprint density at radius 1 is 0.542 bits per heavy atom. The molecule has 0 spiro atoms. The summed E-state index contributed by atoms with van der Waals surface area (Å²) in [6.07, 6.45) is 9.12. The molecule has 0 unspecified atom stereocenters. The van der Waals surface area contributed by atoms with Gasteiger partial charge in [0.05, 0.1) is 59.8 Å². The highest BCUT2D eigenvalue weighted by molar-refractivity contribution is 5.67. The minimum Gasteiger partial charge on any atom is -0.476 e. The van der Waals surface area contributed by atoms with E-state index in [1.54, 1.807) is 24.8 Å². The van der Waals surface area contributed by atoms with E-state index in [0.717, 1.165) is 109 Å². The molecular weight excluding hydrogens is 939 g/mol. The van der Waals surface area contributed by atoms with Crippen LogP contribution in [0.3, 0.4) is 0 Å². The number of benzene rings is 2. The number of ether oxygens (including phenoxy) is 2. The van der Waals surface area contributed by atoms with E-state index < -0.39 is 23.5 Å². The molecule has 8 heterocycles. The first-order valence-corrected chi connectivity index (χ1v) is 23.5. The third-order valence-electron chi connectivity index (χ3n) is 12.1. The van der Waals surface area contributed by atoms with Gasteiger partial charge in [0.2, 0.25) is 11.8 Å². The molecule has 8 aromatic rings. The molecule has 0 N–H and O–H groups in total. The second kappa shape index (κ2) is 20.8. The summed E-state index contributed by atoms with van der Waals surface area (Å²) in [6.45, 7) is 10.0. The molecule has 0 bridgehead atoms. The van der Waals surface area contributed by atoms with E-state index in [1.165, 1.54) is 24.3 Å². The molecule has 6 aromatic heterocycles. The van der Waals surface area contributed by atoms with E-state index in [9.17, 15) is 26.3 Å². The van der Waals surface area contributed by atoms with Crippen molar-refractivity contribution in [3.63, 3.8) is 0 Å².